The van der Waals surface area contributed by atoms with Crippen LogP contribution in [0.25, 0.3) is 0 Å². The molecule has 0 bridgehead atoms. The predicted molar refractivity (Wildman–Crippen MR) is 114 cm³/mol. The molecule has 11 heteroatoms. The Balaban J connectivity index is 2.05. The van der Waals surface area contributed by atoms with Crippen molar-refractivity contribution in [1.82, 2.24) is 4.98 Å². The van der Waals surface area contributed by atoms with Crippen LogP contribution in [0.1, 0.15) is 25.1 Å². The molecule has 162 valence electrons. The Morgan fingerprint density at radius 3 is 2.80 bits per heavy atom. The number of aromatic nitrogens is 1. The highest BCUT2D eigenvalue weighted by Crippen LogP contribution is 2.36. The van der Waals surface area contributed by atoms with Gasteiger partial charge in [0.25, 0.3) is 0 Å². The van der Waals surface area contributed by atoms with E-state index in [0.717, 1.165) is 0 Å². The summed E-state index contributed by atoms with van der Waals surface area (Å²) in [5.74, 6) is -0.298. The third-order valence-electron chi connectivity index (χ3n) is 3.64. The van der Waals surface area contributed by atoms with Crippen molar-refractivity contribution in [3.8, 4) is 11.5 Å². The lowest BCUT2D eigenvalue weighted by Gasteiger charge is -2.16. The van der Waals surface area contributed by atoms with E-state index in [4.69, 9.17) is 25.8 Å². The van der Waals surface area contributed by atoms with E-state index < -0.39 is 12.1 Å². The van der Waals surface area contributed by atoms with Gasteiger partial charge < -0.3 is 18.9 Å². The third kappa shape index (κ3) is 6.60. The van der Waals surface area contributed by atoms with Gasteiger partial charge in [0.05, 0.1) is 44.2 Å². The van der Waals surface area contributed by atoms with Crippen LogP contribution in [0.5, 0.6) is 11.5 Å². The smallest absolute Gasteiger partial charge is 0.346 e. The summed E-state index contributed by atoms with van der Waals surface area (Å²) < 4.78 is 20.4. The van der Waals surface area contributed by atoms with Crippen molar-refractivity contribution in [2.75, 3.05) is 26.3 Å². The number of thiazole rings is 1. The predicted octanol–water partition coefficient (Wildman–Crippen LogP) is 3.30. The molecule has 0 aliphatic rings. The van der Waals surface area contributed by atoms with E-state index in [1.54, 1.807) is 31.4 Å². The average molecular weight is 456 g/mol. The maximum absolute atomic E-state index is 11.6. The zero-order chi connectivity index (χ0) is 22.1. The first-order valence-corrected chi connectivity index (χ1v) is 10.1. The number of ether oxygens (including phenoxy) is 4. The van der Waals surface area contributed by atoms with Crippen molar-refractivity contribution in [3.63, 3.8) is 0 Å². The number of nitrogens with one attached hydrogen (secondary N) is 1. The first kappa shape index (κ1) is 23.4. The van der Waals surface area contributed by atoms with Gasteiger partial charge in [0.2, 0.25) is 5.13 Å². The van der Waals surface area contributed by atoms with Gasteiger partial charge in [-0.05, 0) is 31.5 Å². The van der Waals surface area contributed by atoms with Crippen molar-refractivity contribution in [3.05, 3.63) is 33.8 Å². The Labute approximate surface area is 182 Å². The molecule has 0 aliphatic heterocycles. The minimum absolute atomic E-state index is 0.105. The van der Waals surface area contributed by atoms with Crippen LogP contribution in [0.4, 0.5) is 5.13 Å². The zero-order valence-electron chi connectivity index (χ0n) is 16.9. The molecule has 0 fully saturated rings. The molecule has 2 rings (SSSR count). The van der Waals surface area contributed by atoms with Gasteiger partial charge in [-0.15, -0.1) is 11.3 Å². The van der Waals surface area contributed by atoms with Crippen molar-refractivity contribution >= 4 is 46.2 Å². The number of esters is 2. The number of benzene rings is 1. The summed E-state index contributed by atoms with van der Waals surface area (Å²) in [6.07, 6.45) is 0.777. The number of anilines is 1. The molecule has 0 radical (unpaired) electrons. The van der Waals surface area contributed by atoms with E-state index in [9.17, 15) is 9.59 Å². The SMILES string of the molecule is CCOC(=O)Cc1csc(NN=Cc2cc(Cl)c(OC(C)C(=O)OC)c(OC)c2)n1. The number of carbonyl (C=O) groups excluding carboxylic acids is 2. The number of rotatable bonds is 10. The lowest BCUT2D eigenvalue weighted by Crippen LogP contribution is -2.25. The molecule has 1 atom stereocenters. The molecule has 9 nitrogen and oxygen atoms in total. The Kier molecular flexibility index (Phi) is 8.88. The standard InChI is InChI=1S/C19H22ClN3O6S/c1-5-28-16(24)8-13-10-30-19(22-13)23-21-9-12-6-14(20)17(15(7-12)26-3)29-11(2)18(25)27-4/h6-7,9-11H,5,8H2,1-4H3,(H,22,23). The third-order valence-corrected chi connectivity index (χ3v) is 4.71. The molecule has 0 aliphatic carbocycles. The van der Waals surface area contributed by atoms with Gasteiger partial charge >= 0.3 is 11.9 Å². The number of methoxy groups -OCH3 is 2. The Bertz CT molecular complexity index is 918. The average Bonchev–Trinajstić information content (AvgIpc) is 3.16. The minimum Gasteiger partial charge on any atom is -0.493 e. The van der Waals surface area contributed by atoms with Gasteiger partial charge in [-0.3, -0.25) is 10.2 Å². The fourth-order valence-electron chi connectivity index (χ4n) is 2.28. The van der Waals surface area contributed by atoms with Gasteiger partial charge in [0.1, 0.15) is 0 Å². The molecule has 1 heterocycles. The number of nitrogens with zero attached hydrogens (tertiary/aromatic N) is 2. The lowest BCUT2D eigenvalue weighted by atomic mass is 10.2. The van der Waals surface area contributed by atoms with Crippen LogP contribution < -0.4 is 14.9 Å². The first-order valence-electron chi connectivity index (χ1n) is 8.89. The highest BCUT2D eigenvalue weighted by Gasteiger charge is 2.20. The summed E-state index contributed by atoms with van der Waals surface area (Å²) in [7, 11) is 2.73. The number of hydrazone groups is 1. The van der Waals surface area contributed by atoms with Crippen LogP contribution in [-0.2, 0) is 25.5 Å². The zero-order valence-corrected chi connectivity index (χ0v) is 18.5. The second kappa shape index (κ2) is 11.4. The fourth-order valence-corrected chi connectivity index (χ4v) is 3.20. The van der Waals surface area contributed by atoms with E-state index in [1.165, 1.54) is 31.8 Å². The van der Waals surface area contributed by atoms with Gasteiger partial charge in [-0.2, -0.15) is 5.10 Å². The number of hydrogen-bond donors (Lipinski definition) is 1. The quantitative estimate of drug-likeness (QED) is 0.330. The second-order valence-electron chi connectivity index (χ2n) is 5.81. The summed E-state index contributed by atoms with van der Waals surface area (Å²) in [5, 5.41) is 6.64. The normalized spacial score (nSPS) is 11.8. The van der Waals surface area contributed by atoms with Gasteiger partial charge in [0, 0.05) is 5.38 Å². The first-order chi connectivity index (χ1) is 14.4. The Morgan fingerprint density at radius 2 is 2.13 bits per heavy atom. The largest absolute Gasteiger partial charge is 0.493 e. The number of halogens is 1. The summed E-state index contributed by atoms with van der Waals surface area (Å²) in [4.78, 5) is 27.3. The molecule has 0 saturated heterocycles. The molecule has 1 aromatic carbocycles. The molecule has 1 unspecified atom stereocenters. The molecule has 0 spiro atoms. The van der Waals surface area contributed by atoms with E-state index >= 15 is 0 Å². The number of carbonyl (C=O) groups is 2. The van der Waals surface area contributed by atoms with Crippen LogP contribution in [0, 0.1) is 0 Å². The molecule has 1 aromatic heterocycles. The fraction of sp³-hybridized carbons (Fsp3) is 0.368. The summed E-state index contributed by atoms with van der Waals surface area (Å²) >= 11 is 7.60. The highest BCUT2D eigenvalue weighted by atomic mass is 35.5. The van der Waals surface area contributed by atoms with Crippen molar-refractivity contribution in [1.29, 1.82) is 0 Å². The van der Waals surface area contributed by atoms with Crippen LogP contribution in [-0.4, -0.2) is 50.1 Å². The van der Waals surface area contributed by atoms with E-state index in [1.807, 2.05) is 0 Å². The monoisotopic (exact) mass is 455 g/mol. The van der Waals surface area contributed by atoms with Crippen LogP contribution in [0.2, 0.25) is 5.02 Å². The van der Waals surface area contributed by atoms with Crippen LogP contribution >= 0.6 is 22.9 Å². The molecule has 2 aromatic rings. The van der Waals surface area contributed by atoms with Crippen molar-refractivity contribution in [2.45, 2.75) is 26.4 Å². The molecule has 30 heavy (non-hydrogen) atoms. The van der Waals surface area contributed by atoms with E-state index in [2.05, 4.69) is 20.2 Å². The number of hydrogen-bond acceptors (Lipinski definition) is 10. The highest BCUT2D eigenvalue weighted by molar-refractivity contribution is 7.13. The van der Waals surface area contributed by atoms with Gasteiger partial charge in [-0.25, -0.2) is 9.78 Å². The lowest BCUT2D eigenvalue weighted by molar-refractivity contribution is -0.148. The van der Waals surface area contributed by atoms with E-state index in [0.29, 0.717) is 28.7 Å². The Hall–Kier alpha value is -2.85. The summed E-state index contributed by atoms with van der Waals surface area (Å²) in [5.41, 5.74) is 4.02. The molecule has 1 N–H and O–H groups in total. The van der Waals surface area contributed by atoms with Crippen LogP contribution in [0.3, 0.4) is 0 Å². The van der Waals surface area contributed by atoms with Gasteiger partial charge in [-0.1, -0.05) is 11.6 Å². The molecule has 0 amide bonds. The maximum atomic E-state index is 11.6. The molecule has 0 saturated carbocycles. The van der Waals surface area contributed by atoms with E-state index in [-0.39, 0.29) is 23.2 Å². The maximum Gasteiger partial charge on any atom is 0.346 e. The summed E-state index contributed by atoms with van der Waals surface area (Å²) in [6, 6.07) is 3.27. The topological polar surface area (TPSA) is 108 Å². The van der Waals surface area contributed by atoms with Crippen molar-refractivity contribution < 1.29 is 28.5 Å². The molecular formula is C19H22ClN3O6S. The minimum atomic E-state index is -0.851. The van der Waals surface area contributed by atoms with Crippen LogP contribution in [0.15, 0.2) is 22.6 Å². The van der Waals surface area contributed by atoms with Gasteiger partial charge in [0.15, 0.2) is 17.6 Å². The van der Waals surface area contributed by atoms with Crippen molar-refractivity contribution in [2.24, 2.45) is 5.10 Å². The molecular weight excluding hydrogens is 434 g/mol. The summed E-state index contributed by atoms with van der Waals surface area (Å²) in [6.45, 7) is 3.63. The Morgan fingerprint density at radius 1 is 1.37 bits per heavy atom. The second-order valence-corrected chi connectivity index (χ2v) is 7.08.